The summed E-state index contributed by atoms with van der Waals surface area (Å²) >= 11 is -0.392. The zero-order valence-electron chi connectivity index (χ0n) is 12.2. The molecule has 1 heterocycles. The Balaban J connectivity index is 1.84. The van der Waals surface area contributed by atoms with Crippen LogP contribution in [0.1, 0.15) is 11.1 Å². The minimum absolute atomic E-state index is 0.0954. The second-order valence-corrected chi connectivity index (χ2v) is 5.84. The number of amides is 2. The third kappa shape index (κ3) is 6.07. The maximum absolute atomic E-state index is 13.8. The van der Waals surface area contributed by atoms with Gasteiger partial charge >= 0.3 is 11.5 Å². The highest BCUT2D eigenvalue weighted by Crippen LogP contribution is 2.37. The number of alkyl halides is 3. The Bertz CT molecular complexity index is 695. The molecule has 24 heavy (non-hydrogen) atoms. The summed E-state index contributed by atoms with van der Waals surface area (Å²) in [6, 6.07) is 6.15. The Morgan fingerprint density at radius 2 is 1.92 bits per heavy atom. The van der Waals surface area contributed by atoms with Crippen molar-refractivity contribution in [2.24, 2.45) is 0 Å². The van der Waals surface area contributed by atoms with E-state index < -0.39 is 29.1 Å². The number of rotatable bonds is 5. The van der Waals surface area contributed by atoms with Crippen LogP contribution in [0.15, 0.2) is 47.6 Å². The molecule has 128 valence electrons. The molecule has 0 saturated carbocycles. The lowest BCUT2D eigenvalue weighted by Gasteiger charge is -2.10. The second-order valence-electron chi connectivity index (χ2n) is 4.70. The summed E-state index contributed by atoms with van der Waals surface area (Å²) in [4.78, 5) is 15.3. The van der Waals surface area contributed by atoms with Crippen LogP contribution in [0.25, 0.3) is 0 Å². The van der Waals surface area contributed by atoms with Gasteiger partial charge in [-0.3, -0.25) is 4.98 Å². The van der Waals surface area contributed by atoms with Gasteiger partial charge in [-0.25, -0.2) is 9.18 Å². The topological polar surface area (TPSA) is 54.0 Å². The molecule has 0 aliphatic carbocycles. The van der Waals surface area contributed by atoms with Crippen LogP contribution in [0.4, 0.5) is 22.4 Å². The number of nitrogens with zero attached hydrogens (tertiary/aromatic N) is 1. The van der Waals surface area contributed by atoms with E-state index in [0.717, 1.165) is 17.7 Å². The molecule has 0 unspecified atom stereocenters. The molecule has 0 bridgehead atoms. The van der Waals surface area contributed by atoms with Gasteiger partial charge in [-0.15, -0.1) is 0 Å². The number of carbonyl (C=O) groups excluding carboxylic acids is 1. The number of benzene rings is 1. The summed E-state index contributed by atoms with van der Waals surface area (Å²) in [6.45, 7) is 0.116. The molecule has 2 rings (SSSR count). The first-order valence-electron chi connectivity index (χ1n) is 6.78. The van der Waals surface area contributed by atoms with Gasteiger partial charge in [0, 0.05) is 35.9 Å². The average molecular weight is 359 g/mol. The van der Waals surface area contributed by atoms with Gasteiger partial charge in [0.1, 0.15) is 5.82 Å². The van der Waals surface area contributed by atoms with Crippen molar-refractivity contribution in [1.29, 1.82) is 0 Å². The van der Waals surface area contributed by atoms with E-state index in [1.54, 1.807) is 24.5 Å². The summed E-state index contributed by atoms with van der Waals surface area (Å²) in [7, 11) is 0. The molecule has 0 spiro atoms. The van der Waals surface area contributed by atoms with Crippen molar-refractivity contribution in [2.45, 2.75) is 23.5 Å². The fourth-order valence-corrected chi connectivity index (χ4v) is 2.36. The molecule has 0 aliphatic heterocycles. The first-order chi connectivity index (χ1) is 11.3. The number of hydrogen-bond acceptors (Lipinski definition) is 3. The highest BCUT2D eigenvalue weighted by atomic mass is 32.2. The van der Waals surface area contributed by atoms with Crippen LogP contribution in [-0.4, -0.2) is 16.5 Å². The zero-order valence-corrected chi connectivity index (χ0v) is 13.0. The smallest absolute Gasteiger partial charge is 0.334 e. The molecule has 0 atom stereocenters. The van der Waals surface area contributed by atoms with E-state index in [0.29, 0.717) is 0 Å². The van der Waals surface area contributed by atoms with Gasteiger partial charge in [0.2, 0.25) is 0 Å². The molecular formula is C15H13F4N3OS. The molecule has 0 radical (unpaired) electrons. The lowest BCUT2D eigenvalue weighted by atomic mass is 10.2. The van der Waals surface area contributed by atoms with Gasteiger partial charge in [0.15, 0.2) is 0 Å². The van der Waals surface area contributed by atoms with E-state index in [1.165, 1.54) is 6.07 Å². The SMILES string of the molecule is O=C(NCc1cccnc1)NCc1ccc(SC(F)(F)F)cc1F. The van der Waals surface area contributed by atoms with Crippen LogP contribution in [-0.2, 0) is 13.1 Å². The summed E-state index contributed by atoms with van der Waals surface area (Å²) in [5.74, 6) is -0.809. The summed E-state index contributed by atoms with van der Waals surface area (Å²) in [5, 5.41) is 5.00. The molecule has 1 aromatic carbocycles. The van der Waals surface area contributed by atoms with Crippen LogP contribution in [0.5, 0.6) is 0 Å². The summed E-state index contributed by atoms with van der Waals surface area (Å²) in [5.41, 5.74) is -3.58. The van der Waals surface area contributed by atoms with Gasteiger partial charge in [-0.05, 0) is 35.5 Å². The number of halogens is 4. The van der Waals surface area contributed by atoms with E-state index in [9.17, 15) is 22.4 Å². The quantitative estimate of drug-likeness (QED) is 0.630. The van der Waals surface area contributed by atoms with Gasteiger partial charge in [0.25, 0.3) is 0 Å². The minimum atomic E-state index is -4.47. The monoisotopic (exact) mass is 359 g/mol. The van der Waals surface area contributed by atoms with Crippen molar-refractivity contribution < 1.29 is 22.4 Å². The number of carbonyl (C=O) groups is 1. The number of aromatic nitrogens is 1. The Hall–Kier alpha value is -2.29. The average Bonchev–Trinajstić information content (AvgIpc) is 2.51. The van der Waals surface area contributed by atoms with Crippen LogP contribution >= 0.6 is 11.8 Å². The third-order valence-corrected chi connectivity index (χ3v) is 3.59. The first kappa shape index (κ1) is 18.1. The predicted octanol–water partition coefficient (Wildman–Crippen LogP) is 3.83. The number of urea groups is 1. The fraction of sp³-hybridized carbons (Fsp3) is 0.200. The van der Waals surface area contributed by atoms with Crippen LogP contribution in [0, 0.1) is 5.82 Å². The number of hydrogen-bond donors (Lipinski definition) is 2. The standard InChI is InChI=1S/C15H13F4N3OS/c16-13-6-12(24-15(17,18)19)4-3-11(13)9-22-14(23)21-8-10-2-1-5-20-7-10/h1-7H,8-9H2,(H2,21,22,23). The Morgan fingerprint density at radius 1 is 1.17 bits per heavy atom. The molecule has 0 aliphatic rings. The predicted molar refractivity (Wildman–Crippen MR) is 81.6 cm³/mol. The van der Waals surface area contributed by atoms with E-state index in [2.05, 4.69) is 15.6 Å². The lowest BCUT2D eigenvalue weighted by molar-refractivity contribution is -0.0328. The number of thioether (sulfide) groups is 1. The molecule has 0 fully saturated rings. The maximum Gasteiger partial charge on any atom is 0.446 e. The van der Waals surface area contributed by atoms with Crippen LogP contribution < -0.4 is 10.6 Å². The van der Waals surface area contributed by atoms with Crippen molar-refractivity contribution in [1.82, 2.24) is 15.6 Å². The van der Waals surface area contributed by atoms with Crippen LogP contribution in [0.2, 0.25) is 0 Å². The van der Waals surface area contributed by atoms with Crippen LogP contribution in [0.3, 0.4) is 0 Å². The lowest BCUT2D eigenvalue weighted by Crippen LogP contribution is -2.34. The van der Waals surface area contributed by atoms with Gasteiger partial charge in [-0.2, -0.15) is 13.2 Å². The molecule has 2 aromatic rings. The van der Waals surface area contributed by atoms with E-state index in [4.69, 9.17) is 0 Å². The second kappa shape index (κ2) is 8.00. The molecule has 2 amide bonds. The van der Waals surface area contributed by atoms with Gasteiger partial charge in [0.05, 0.1) is 0 Å². The largest absolute Gasteiger partial charge is 0.446 e. The van der Waals surface area contributed by atoms with E-state index in [-0.39, 0.29) is 23.5 Å². The van der Waals surface area contributed by atoms with Crippen molar-refractivity contribution in [3.63, 3.8) is 0 Å². The third-order valence-electron chi connectivity index (χ3n) is 2.87. The zero-order chi connectivity index (χ0) is 17.6. The highest BCUT2D eigenvalue weighted by Gasteiger charge is 2.29. The fourth-order valence-electron chi connectivity index (χ4n) is 1.79. The molecular weight excluding hydrogens is 346 g/mol. The number of nitrogens with one attached hydrogen (secondary N) is 2. The molecule has 0 saturated heterocycles. The Kier molecular flexibility index (Phi) is 6.02. The van der Waals surface area contributed by atoms with Crippen molar-refractivity contribution in [3.05, 3.63) is 59.7 Å². The summed E-state index contributed by atoms with van der Waals surface area (Å²) in [6.07, 6.45) is 3.20. The first-order valence-corrected chi connectivity index (χ1v) is 7.60. The van der Waals surface area contributed by atoms with E-state index >= 15 is 0 Å². The molecule has 2 N–H and O–H groups in total. The van der Waals surface area contributed by atoms with Gasteiger partial charge in [-0.1, -0.05) is 12.1 Å². The minimum Gasteiger partial charge on any atom is -0.334 e. The Labute approximate surface area is 139 Å². The van der Waals surface area contributed by atoms with Crippen molar-refractivity contribution in [3.8, 4) is 0 Å². The normalized spacial score (nSPS) is 11.2. The Morgan fingerprint density at radius 3 is 2.54 bits per heavy atom. The molecule has 4 nitrogen and oxygen atoms in total. The highest BCUT2D eigenvalue weighted by molar-refractivity contribution is 8.00. The molecule has 9 heteroatoms. The maximum atomic E-state index is 13.8. The van der Waals surface area contributed by atoms with Crippen molar-refractivity contribution >= 4 is 17.8 Å². The van der Waals surface area contributed by atoms with E-state index in [1.807, 2.05) is 0 Å². The summed E-state index contributed by atoms with van der Waals surface area (Å²) < 4.78 is 50.4. The van der Waals surface area contributed by atoms with Crippen molar-refractivity contribution in [2.75, 3.05) is 0 Å². The van der Waals surface area contributed by atoms with Gasteiger partial charge < -0.3 is 10.6 Å². The molecule has 1 aromatic heterocycles. The number of pyridine rings is 1.